The first-order valence-corrected chi connectivity index (χ1v) is 9.35. The summed E-state index contributed by atoms with van der Waals surface area (Å²) in [5.41, 5.74) is 2.22. The summed E-state index contributed by atoms with van der Waals surface area (Å²) in [5.74, 6) is -1.18. The van der Waals surface area contributed by atoms with Crippen LogP contribution in [-0.2, 0) is 4.74 Å². The molecule has 0 bridgehead atoms. The lowest BCUT2D eigenvalue weighted by molar-refractivity contribution is 0.0526. The fraction of sp³-hybridized carbons (Fsp3) is 0.130. The molecule has 30 heavy (non-hydrogen) atoms. The number of hydrogen-bond acceptors (Lipinski definition) is 6. The van der Waals surface area contributed by atoms with Gasteiger partial charge in [0.05, 0.1) is 41.8 Å². The van der Waals surface area contributed by atoms with E-state index >= 15 is 0 Å². The van der Waals surface area contributed by atoms with Crippen molar-refractivity contribution in [2.45, 2.75) is 6.92 Å². The van der Waals surface area contributed by atoms with Crippen molar-refractivity contribution in [3.05, 3.63) is 77.4 Å². The van der Waals surface area contributed by atoms with E-state index in [9.17, 15) is 14.4 Å². The second-order valence-corrected chi connectivity index (χ2v) is 6.51. The number of methoxy groups -OCH3 is 1. The summed E-state index contributed by atoms with van der Waals surface area (Å²) in [5, 5.41) is 0. The van der Waals surface area contributed by atoms with E-state index in [1.54, 1.807) is 19.1 Å². The molecule has 1 aliphatic heterocycles. The molecule has 0 atom stereocenters. The standard InChI is InChI=1S/C23H18N2O5/c1-3-30-23(28)15-9-11-16(12-10-15)25-21(26)17-13-18(29-2)24-20(19(17)22(25)27)14-7-5-4-6-8-14/h4-13H,3H2,1-2H3. The topological polar surface area (TPSA) is 85.8 Å². The number of benzene rings is 2. The van der Waals surface area contributed by atoms with Gasteiger partial charge in [0, 0.05) is 11.6 Å². The molecule has 2 aromatic carbocycles. The van der Waals surface area contributed by atoms with Gasteiger partial charge < -0.3 is 9.47 Å². The molecule has 150 valence electrons. The molecule has 2 amide bonds. The van der Waals surface area contributed by atoms with E-state index in [1.165, 1.54) is 25.3 Å². The second-order valence-electron chi connectivity index (χ2n) is 6.51. The first-order valence-electron chi connectivity index (χ1n) is 9.35. The van der Waals surface area contributed by atoms with E-state index in [0.29, 0.717) is 22.5 Å². The summed E-state index contributed by atoms with van der Waals surface area (Å²) in [4.78, 5) is 43.7. The van der Waals surface area contributed by atoms with Crippen LogP contribution in [-0.4, -0.2) is 36.5 Å². The molecule has 0 aliphatic carbocycles. The van der Waals surface area contributed by atoms with Gasteiger partial charge in [0.1, 0.15) is 0 Å². The van der Waals surface area contributed by atoms with Crippen LogP contribution in [0.5, 0.6) is 5.88 Å². The van der Waals surface area contributed by atoms with Gasteiger partial charge in [-0.05, 0) is 31.2 Å². The van der Waals surface area contributed by atoms with Crippen molar-refractivity contribution < 1.29 is 23.9 Å². The number of anilines is 1. The highest BCUT2D eigenvalue weighted by Crippen LogP contribution is 2.36. The minimum atomic E-state index is -0.479. The Morgan fingerprint density at radius 2 is 1.70 bits per heavy atom. The molecule has 7 heteroatoms. The van der Waals surface area contributed by atoms with Gasteiger partial charge in [0.15, 0.2) is 0 Å². The fourth-order valence-electron chi connectivity index (χ4n) is 3.34. The maximum atomic E-state index is 13.3. The van der Waals surface area contributed by atoms with Crippen LogP contribution in [0.4, 0.5) is 5.69 Å². The Kier molecular flexibility index (Phi) is 5.02. The minimum absolute atomic E-state index is 0.222. The van der Waals surface area contributed by atoms with Crippen molar-refractivity contribution >= 4 is 23.5 Å². The highest BCUT2D eigenvalue weighted by molar-refractivity contribution is 6.36. The third-order valence-corrected chi connectivity index (χ3v) is 4.74. The van der Waals surface area contributed by atoms with Crippen LogP contribution in [0.15, 0.2) is 60.7 Å². The number of fused-ring (bicyclic) bond motifs is 1. The molecule has 0 spiro atoms. The average Bonchev–Trinajstić information content (AvgIpc) is 3.04. The SMILES string of the molecule is CCOC(=O)c1ccc(N2C(=O)c3cc(OC)nc(-c4ccccc4)c3C2=O)cc1. The summed E-state index contributed by atoms with van der Waals surface area (Å²) in [6.45, 7) is 1.98. The van der Waals surface area contributed by atoms with E-state index < -0.39 is 17.8 Å². The predicted octanol–water partition coefficient (Wildman–Crippen LogP) is 3.73. The molecule has 4 rings (SSSR count). The Hall–Kier alpha value is -4.00. The van der Waals surface area contributed by atoms with Crippen LogP contribution in [0, 0.1) is 0 Å². The molecule has 1 aliphatic rings. The summed E-state index contributed by atoms with van der Waals surface area (Å²) in [7, 11) is 1.45. The van der Waals surface area contributed by atoms with Crippen LogP contribution >= 0.6 is 0 Å². The minimum Gasteiger partial charge on any atom is -0.481 e. The first kappa shape index (κ1) is 19.3. The molecule has 3 aromatic rings. The molecule has 1 aromatic heterocycles. The lowest BCUT2D eigenvalue weighted by atomic mass is 10.0. The van der Waals surface area contributed by atoms with Crippen molar-refractivity contribution in [2.75, 3.05) is 18.6 Å². The molecule has 2 heterocycles. The van der Waals surface area contributed by atoms with Gasteiger partial charge in [-0.2, -0.15) is 0 Å². The highest BCUT2D eigenvalue weighted by atomic mass is 16.5. The number of rotatable bonds is 5. The largest absolute Gasteiger partial charge is 0.481 e. The maximum absolute atomic E-state index is 13.3. The van der Waals surface area contributed by atoms with Crippen LogP contribution in [0.2, 0.25) is 0 Å². The van der Waals surface area contributed by atoms with Crippen molar-refractivity contribution in [1.29, 1.82) is 0 Å². The highest BCUT2D eigenvalue weighted by Gasteiger charge is 2.40. The monoisotopic (exact) mass is 402 g/mol. The van der Waals surface area contributed by atoms with E-state index in [1.807, 2.05) is 30.3 Å². The van der Waals surface area contributed by atoms with Crippen LogP contribution in [0.25, 0.3) is 11.3 Å². The summed E-state index contributed by atoms with van der Waals surface area (Å²) < 4.78 is 10.2. The molecule has 0 saturated carbocycles. The van der Waals surface area contributed by atoms with Crippen LogP contribution in [0.3, 0.4) is 0 Å². The van der Waals surface area contributed by atoms with E-state index in [0.717, 1.165) is 4.90 Å². The lowest BCUT2D eigenvalue weighted by Crippen LogP contribution is -2.29. The Labute approximate surface area is 172 Å². The van der Waals surface area contributed by atoms with Gasteiger partial charge in [0.2, 0.25) is 5.88 Å². The number of amides is 2. The van der Waals surface area contributed by atoms with Crippen molar-refractivity contribution in [3.63, 3.8) is 0 Å². The third kappa shape index (κ3) is 3.20. The molecular formula is C23H18N2O5. The van der Waals surface area contributed by atoms with Gasteiger partial charge in [-0.25, -0.2) is 14.7 Å². The summed E-state index contributed by atoms with van der Waals surface area (Å²) in [6.07, 6.45) is 0. The molecule has 0 radical (unpaired) electrons. The van der Waals surface area contributed by atoms with Crippen LogP contribution in [0.1, 0.15) is 38.0 Å². The van der Waals surface area contributed by atoms with E-state index in [-0.39, 0.29) is 23.6 Å². The van der Waals surface area contributed by atoms with Gasteiger partial charge >= 0.3 is 5.97 Å². The fourth-order valence-corrected chi connectivity index (χ4v) is 3.34. The number of carbonyl (C=O) groups excluding carboxylic acids is 3. The van der Waals surface area contributed by atoms with Gasteiger partial charge in [0.25, 0.3) is 11.8 Å². The Bertz CT molecular complexity index is 1140. The number of ether oxygens (including phenoxy) is 2. The third-order valence-electron chi connectivity index (χ3n) is 4.74. The van der Waals surface area contributed by atoms with Crippen molar-refractivity contribution in [2.24, 2.45) is 0 Å². The number of imide groups is 1. The Morgan fingerprint density at radius 3 is 2.33 bits per heavy atom. The molecule has 7 nitrogen and oxygen atoms in total. The van der Waals surface area contributed by atoms with Crippen molar-refractivity contribution in [1.82, 2.24) is 4.98 Å². The number of aromatic nitrogens is 1. The smallest absolute Gasteiger partial charge is 0.338 e. The van der Waals surface area contributed by atoms with E-state index in [2.05, 4.69) is 4.98 Å². The molecule has 0 fully saturated rings. The summed E-state index contributed by atoms with van der Waals surface area (Å²) >= 11 is 0. The summed E-state index contributed by atoms with van der Waals surface area (Å²) in [6, 6.07) is 16.7. The van der Waals surface area contributed by atoms with Gasteiger partial charge in [-0.15, -0.1) is 0 Å². The number of pyridine rings is 1. The number of hydrogen-bond donors (Lipinski definition) is 0. The number of esters is 1. The lowest BCUT2D eigenvalue weighted by Gasteiger charge is -2.14. The Morgan fingerprint density at radius 1 is 1.00 bits per heavy atom. The Balaban J connectivity index is 1.78. The second kappa shape index (κ2) is 7.79. The molecular weight excluding hydrogens is 384 g/mol. The van der Waals surface area contributed by atoms with Crippen molar-refractivity contribution in [3.8, 4) is 17.1 Å². The number of carbonyl (C=O) groups is 3. The first-order chi connectivity index (χ1) is 14.5. The van der Waals surface area contributed by atoms with E-state index in [4.69, 9.17) is 9.47 Å². The molecule has 0 unspecified atom stereocenters. The number of nitrogens with zero attached hydrogens (tertiary/aromatic N) is 2. The zero-order chi connectivity index (χ0) is 21.3. The normalized spacial score (nSPS) is 12.7. The van der Waals surface area contributed by atoms with Crippen LogP contribution < -0.4 is 9.64 Å². The van der Waals surface area contributed by atoms with Gasteiger partial charge in [-0.1, -0.05) is 30.3 Å². The average molecular weight is 402 g/mol. The predicted molar refractivity (Wildman–Crippen MR) is 110 cm³/mol. The van der Waals surface area contributed by atoms with Gasteiger partial charge in [-0.3, -0.25) is 9.59 Å². The molecule has 0 saturated heterocycles. The maximum Gasteiger partial charge on any atom is 0.338 e. The zero-order valence-corrected chi connectivity index (χ0v) is 16.4. The molecule has 0 N–H and O–H groups in total. The quantitative estimate of drug-likeness (QED) is 0.477. The zero-order valence-electron chi connectivity index (χ0n) is 16.4.